The number of rotatable bonds is 9. The SMILES string of the molecule is CCN(CC)CCCN(C(=O)c1ccc(C(C)(C)C)cc1)c1nc(-c2ccccc2)cs1. The van der Waals surface area contributed by atoms with E-state index in [2.05, 4.69) is 63.8 Å². The average Bonchev–Trinajstić information content (AvgIpc) is 3.29. The fourth-order valence-corrected chi connectivity index (χ4v) is 4.53. The van der Waals surface area contributed by atoms with Crippen LogP contribution in [-0.2, 0) is 5.41 Å². The van der Waals surface area contributed by atoms with Gasteiger partial charge in [-0.15, -0.1) is 11.3 Å². The fourth-order valence-electron chi connectivity index (χ4n) is 3.67. The lowest BCUT2D eigenvalue weighted by Crippen LogP contribution is -2.34. The molecule has 0 spiro atoms. The molecule has 0 aliphatic heterocycles. The van der Waals surface area contributed by atoms with Crippen LogP contribution in [0.3, 0.4) is 0 Å². The number of carbonyl (C=O) groups excluding carboxylic acids is 1. The molecule has 32 heavy (non-hydrogen) atoms. The fraction of sp³-hybridized carbons (Fsp3) is 0.407. The Kier molecular flexibility index (Phi) is 8.21. The van der Waals surface area contributed by atoms with Crippen molar-refractivity contribution in [2.75, 3.05) is 31.1 Å². The van der Waals surface area contributed by atoms with E-state index in [9.17, 15) is 4.79 Å². The molecule has 2 aromatic carbocycles. The zero-order valence-electron chi connectivity index (χ0n) is 20.0. The van der Waals surface area contributed by atoms with Gasteiger partial charge in [0.2, 0.25) is 0 Å². The Bertz CT molecular complexity index is 986. The Labute approximate surface area is 196 Å². The van der Waals surface area contributed by atoms with E-state index in [-0.39, 0.29) is 11.3 Å². The molecule has 0 saturated carbocycles. The van der Waals surface area contributed by atoms with Crippen LogP contribution in [0.2, 0.25) is 0 Å². The van der Waals surface area contributed by atoms with E-state index in [1.165, 1.54) is 16.9 Å². The van der Waals surface area contributed by atoms with E-state index in [1.54, 1.807) is 0 Å². The summed E-state index contributed by atoms with van der Waals surface area (Å²) in [5.41, 5.74) is 3.97. The highest BCUT2D eigenvalue weighted by molar-refractivity contribution is 7.14. The molecule has 0 aliphatic rings. The van der Waals surface area contributed by atoms with Crippen LogP contribution < -0.4 is 4.90 Å². The van der Waals surface area contributed by atoms with Gasteiger partial charge in [0.25, 0.3) is 5.91 Å². The smallest absolute Gasteiger partial charge is 0.260 e. The molecule has 0 fully saturated rings. The van der Waals surface area contributed by atoms with Gasteiger partial charge in [-0.2, -0.15) is 0 Å². The second kappa shape index (κ2) is 10.9. The number of benzene rings is 2. The van der Waals surface area contributed by atoms with Crippen LogP contribution in [0.5, 0.6) is 0 Å². The third-order valence-electron chi connectivity index (χ3n) is 5.79. The number of hydrogen-bond acceptors (Lipinski definition) is 4. The Hall–Kier alpha value is -2.50. The van der Waals surface area contributed by atoms with Crippen LogP contribution in [0, 0.1) is 0 Å². The molecule has 1 aromatic heterocycles. The molecular weight excluding hydrogens is 414 g/mol. The molecule has 0 saturated heterocycles. The van der Waals surface area contributed by atoms with E-state index in [0.29, 0.717) is 12.1 Å². The number of anilines is 1. The first-order valence-electron chi connectivity index (χ1n) is 11.5. The molecule has 0 radical (unpaired) electrons. The van der Waals surface area contributed by atoms with Gasteiger partial charge < -0.3 is 4.90 Å². The van der Waals surface area contributed by atoms with E-state index in [1.807, 2.05) is 40.6 Å². The quantitative estimate of drug-likeness (QED) is 0.375. The molecule has 0 aliphatic carbocycles. The molecule has 4 nitrogen and oxygen atoms in total. The first-order chi connectivity index (χ1) is 15.3. The van der Waals surface area contributed by atoms with E-state index in [4.69, 9.17) is 4.98 Å². The lowest BCUT2D eigenvalue weighted by Gasteiger charge is -2.24. The summed E-state index contributed by atoms with van der Waals surface area (Å²) in [6.07, 6.45) is 0.910. The van der Waals surface area contributed by atoms with Crippen LogP contribution in [0.25, 0.3) is 11.3 Å². The molecule has 1 amide bonds. The number of aromatic nitrogens is 1. The maximum Gasteiger partial charge on any atom is 0.260 e. The van der Waals surface area contributed by atoms with Crippen molar-refractivity contribution in [1.29, 1.82) is 0 Å². The highest BCUT2D eigenvalue weighted by atomic mass is 32.1. The minimum Gasteiger partial charge on any atom is -0.304 e. The molecule has 5 heteroatoms. The average molecular weight is 450 g/mol. The van der Waals surface area contributed by atoms with Gasteiger partial charge in [-0.05, 0) is 49.2 Å². The Morgan fingerprint density at radius 2 is 1.59 bits per heavy atom. The Morgan fingerprint density at radius 3 is 2.19 bits per heavy atom. The van der Waals surface area contributed by atoms with Gasteiger partial charge in [0, 0.05) is 23.1 Å². The summed E-state index contributed by atoms with van der Waals surface area (Å²) >= 11 is 1.53. The topological polar surface area (TPSA) is 36.4 Å². The van der Waals surface area contributed by atoms with Gasteiger partial charge in [0.15, 0.2) is 5.13 Å². The van der Waals surface area contributed by atoms with Crippen LogP contribution in [-0.4, -0.2) is 42.0 Å². The summed E-state index contributed by atoms with van der Waals surface area (Å²) in [6.45, 7) is 14.6. The van der Waals surface area contributed by atoms with Gasteiger partial charge >= 0.3 is 0 Å². The molecular formula is C27H35N3OS. The third kappa shape index (κ3) is 6.05. The summed E-state index contributed by atoms with van der Waals surface area (Å²) in [7, 11) is 0. The first kappa shape index (κ1) is 24.1. The van der Waals surface area contributed by atoms with Gasteiger partial charge in [-0.3, -0.25) is 9.69 Å². The maximum absolute atomic E-state index is 13.5. The predicted molar refractivity (Wildman–Crippen MR) is 137 cm³/mol. The maximum atomic E-state index is 13.5. The number of thiazole rings is 1. The summed E-state index contributed by atoms with van der Waals surface area (Å²) in [5, 5.41) is 2.80. The van der Waals surface area contributed by atoms with Crippen LogP contribution >= 0.6 is 11.3 Å². The number of hydrogen-bond donors (Lipinski definition) is 0. The zero-order valence-corrected chi connectivity index (χ0v) is 20.8. The van der Waals surface area contributed by atoms with Gasteiger partial charge in [0.1, 0.15) is 0 Å². The Balaban J connectivity index is 1.85. The van der Waals surface area contributed by atoms with E-state index in [0.717, 1.165) is 42.4 Å². The molecule has 0 unspecified atom stereocenters. The van der Waals surface area contributed by atoms with Crippen molar-refractivity contribution < 1.29 is 4.79 Å². The molecule has 170 valence electrons. The van der Waals surface area contributed by atoms with Crippen molar-refractivity contribution in [3.8, 4) is 11.3 Å². The van der Waals surface area contributed by atoms with Gasteiger partial charge in [-0.25, -0.2) is 4.98 Å². The normalized spacial score (nSPS) is 11.7. The minimum absolute atomic E-state index is 0.0129. The van der Waals surface area contributed by atoms with Crippen molar-refractivity contribution in [1.82, 2.24) is 9.88 Å². The van der Waals surface area contributed by atoms with Crippen LogP contribution in [0.4, 0.5) is 5.13 Å². The minimum atomic E-state index is 0.0129. The molecule has 0 atom stereocenters. The lowest BCUT2D eigenvalue weighted by molar-refractivity contribution is 0.0985. The number of carbonyl (C=O) groups is 1. The predicted octanol–water partition coefficient (Wildman–Crippen LogP) is 6.49. The Morgan fingerprint density at radius 1 is 0.938 bits per heavy atom. The highest BCUT2D eigenvalue weighted by Crippen LogP contribution is 2.29. The van der Waals surface area contributed by atoms with Crippen molar-refractivity contribution in [3.05, 3.63) is 71.1 Å². The van der Waals surface area contributed by atoms with Crippen molar-refractivity contribution >= 4 is 22.4 Å². The molecule has 3 aromatic rings. The third-order valence-corrected chi connectivity index (χ3v) is 6.65. The molecule has 0 N–H and O–H groups in total. The highest BCUT2D eigenvalue weighted by Gasteiger charge is 2.22. The monoisotopic (exact) mass is 449 g/mol. The summed E-state index contributed by atoms with van der Waals surface area (Å²) in [5.74, 6) is 0.0129. The van der Waals surface area contributed by atoms with Crippen molar-refractivity contribution in [3.63, 3.8) is 0 Å². The summed E-state index contributed by atoms with van der Waals surface area (Å²) in [4.78, 5) is 22.6. The molecule has 3 rings (SSSR count). The first-order valence-corrected chi connectivity index (χ1v) is 12.4. The van der Waals surface area contributed by atoms with Crippen LogP contribution in [0.15, 0.2) is 60.0 Å². The van der Waals surface area contributed by atoms with Crippen molar-refractivity contribution in [2.24, 2.45) is 0 Å². The van der Waals surface area contributed by atoms with Gasteiger partial charge in [-0.1, -0.05) is 77.1 Å². The largest absolute Gasteiger partial charge is 0.304 e. The molecule has 0 bridgehead atoms. The van der Waals surface area contributed by atoms with Crippen molar-refractivity contribution in [2.45, 2.75) is 46.5 Å². The second-order valence-electron chi connectivity index (χ2n) is 9.05. The number of nitrogens with zero attached hydrogens (tertiary/aromatic N) is 3. The van der Waals surface area contributed by atoms with E-state index < -0.39 is 0 Å². The number of amides is 1. The molecule has 1 heterocycles. The summed E-state index contributed by atoms with van der Waals surface area (Å²) in [6, 6.07) is 18.2. The lowest BCUT2D eigenvalue weighted by atomic mass is 9.86. The second-order valence-corrected chi connectivity index (χ2v) is 9.88. The van der Waals surface area contributed by atoms with E-state index >= 15 is 0 Å². The summed E-state index contributed by atoms with van der Waals surface area (Å²) < 4.78 is 0. The van der Waals surface area contributed by atoms with Gasteiger partial charge in [0.05, 0.1) is 5.69 Å². The standard InChI is InChI=1S/C27H35N3OS/c1-6-29(7-2)18-11-19-30(25(31)22-14-16-23(17-15-22)27(3,4)5)26-28-24(20-32-26)21-12-9-8-10-13-21/h8-10,12-17,20H,6-7,11,18-19H2,1-5H3. The zero-order chi connectivity index (χ0) is 23.1. The van der Waals surface area contributed by atoms with Crippen LogP contribution in [0.1, 0.15) is 57.0 Å².